The molecule has 0 aromatic carbocycles. The summed E-state index contributed by atoms with van der Waals surface area (Å²) in [4.78, 5) is 22.0. The second-order valence-corrected chi connectivity index (χ2v) is 7.23. The number of allylic oxidation sites excluding steroid dienone is 7. The van der Waals surface area contributed by atoms with Crippen molar-refractivity contribution >= 4 is 11.9 Å². The molecule has 0 amide bonds. The Kier molecular flexibility index (Phi) is 7.16. The normalized spacial score (nSPS) is 19.5. The van der Waals surface area contributed by atoms with Crippen LogP contribution in [0.2, 0.25) is 0 Å². The average Bonchev–Trinajstić information content (AvgIpc) is 2.44. The minimum Gasteiger partial charge on any atom is -0.478 e. The van der Waals surface area contributed by atoms with Gasteiger partial charge in [-0.15, -0.1) is 0 Å². The summed E-state index contributed by atoms with van der Waals surface area (Å²) >= 11 is 0. The van der Waals surface area contributed by atoms with Gasteiger partial charge in [-0.05, 0) is 62.7 Å². The monoisotopic (exact) mass is 344 g/mol. The van der Waals surface area contributed by atoms with E-state index >= 15 is 0 Å². The molecule has 4 heteroatoms. The minimum atomic E-state index is -1.16. The topological polar surface area (TPSA) is 74.6 Å². The Balaban J connectivity index is 3.07. The van der Waals surface area contributed by atoms with Gasteiger partial charge in [0, 0.05) is 6.08 Å². The van der Waals surface area contributed by atoms with Gasteiger partial charge in [-0.3, -0.25) is 0 Å². The first-order chi connectivity index (χ1) is 11.5. The molecular weight excluding hydrogens is 316 g/mol. The Labute approximate surface area is 149 Å². The molecule has 0 atom stereocenters. The predicted molar refractivity (Wildman–Crippen MR) is 100 cm³/mol. The number of carbonyl (C=O) groups is 2. The molecule has 0 radical (unpaired) electrons. The average molecular weight is 344 g/mol. The Morgan fingerprint density at radius 2 is 1.76 bits per heavy atom. The number of hydrogen-bond donors (Lipinski definition) is 2. The summed E-state index contributed by atoms with van der Waals surface area (Å²) in [6.07, 6.45) is 11.6. The van der Waals surface area contributed by atoms with E-state index in [0.717, 1.165) is 24.5 Å². The van der Waals surface area contributed by atoms with E-state index < -0.39 is 11.9 Å². The van der Waals surface area contributed by atoms with Gasteiger partial charge in [-0.2, -0.15) is 0 Å². The van der Waals surface area contributed by atoms with Crippen LogP contribution < -0.4 is 0 Å². The van der Waals surface area contributed by atoms with Gasteiger partial charge in [0.05, 0.1) is 5.57 Å². The van der Waals surface area contributed by atoms with Crippen molar-refractivity contribution in [2.24, 2.45) is 5.41 Å². The highest BCUT2D eigenvalue weighted by Gasteiger charge is 2.26. The van der Waals surface area contributed by atoms with Crippen LogP contribution in [0.5, 0.6) is 0 Å². The summed E-state index contributed by atoms with van der Waals surface area (Å²) < 4.78 is 0. The van der Waals surface area contributed by atoms with E-state index in [9.17, 15) is 14.7 Å². The van der Waals surface area contributed by atoms with Crippen LogP contribution in [-0.2, 0) is 9.59 Å². The van der Waals surface area contributed by atoms with Crippen LogP contribution in [-0.4, -0.2) is 22.2 Å². The first kappa shape index (κ1) is 20.7. The van der Waals surface area contributed by atoms with Gasteiger partial charge < -0.3 is 10.2 Å². The van der Waals surface area contributed by atoms with Crippen molar-refractivity contribution in [1.29, 1.82) is 0 Å². The number of carboxylic acids is 2. The quantitative estimate of drug-likeness (QED) is 0.522. The SMILES string of the molecule is CC1=C(\C=C/C(C)=C/C=C(C(=O)O)\C(C)=C/C(=O)O)C(C)(C)CCC1. The van der Waals surface area contributed by atoms with Crippen LogP contribution in [0.4, 0.5) is 0 Å². The van der Waals surface area contributed by atoms with Crippen LogP contribution in [0.3, 0.4) is 0 Å². The van der Waals surface area contributed by atoms with Gasteiger partial charge in [0.15, 0.2) is 0 Å². The molecule has 0 fully saturated rings. The molecule has 136 valence electrons. The van der Waals surface area contributed by atoms with Crippen molar-refractivity contribution in [2.45, 2.75) is 53.9 Å². The lowest BCUT2D eigenvalue weighted by Crippen LogP contribution is -2.19. The van der Waals surface area contributed by atoms with Gasteiger partial charge >= 0.3 is 11.9 Å². The molecule has 1 aliphatic carbocycles. The van der Waals surface area contributed by atoms with Gasteiger partial charge in [-0.25, -0.2) is 9.59 Å². The van der Waals surface area contributed by atoms with Gasteiger partial charge in [0.2, 0.25) is 0 Å². The third-order valence-electron chi connectivity index (χ3n) is 4.56. The second kappa shape index (κ2) is 8.65. The molecule has 0 heterocycles. The van der Waals surface area contributed by atoms with Crippen LogP contribution in [0.25, 0.3) is 0 Å². The van der Waals surface area contributed by atoms with Crippen molar-refractivity contribution in [3.8, 4) is 0 Å². The van der Waals surface area contributed by atoms with Crippen LogP contribution in [0.1, 0.15) is 53.9 Å². The van der Waals surface area contributed by atoms with Gasteiger partial charge in [-0.1, -0.05) is 43.2 Å². The molecule has 2 N–H and O–H groups in total. The standard InChI is InChI=1S/C21H28O4/c1-14(8-10-17(20(24)25)16(3)13-19(22)23)9-11-18-15(2)7-6-12-21(18,4)5/h8-11,13H,6-7,12H2,1-5H3,(H,22,23)(H,24,25)/b11-9-,14-8+,16-13-,17-10+. The molecular formula is C21H28O4. The molecule has 4 nitrogen and oxygen atoms in total. The Bertz CT molecular complexity index is 697. The lowest BCUT2D eigenvalue weighted by molar-refractivity contribution is -0.132. The van der Waals surface area contributed by atoms with E-state index in [1.807, 2.05) is 13.0 Å². The predicted octanol–water partition coefficient (Wildman–Crippen LogP) is 5.06. The van der Waals surface area contributed by atoms with Crippen LogP contribution in [0, 0.1) is 5.41 Å². The molecule has 0 aromatic rings. The first-order valence-electron chi connectivity index (χ1n) is 8.46. The summed E-state index contributed by atoms with van der Waals surface area (Å²) in [5.41, 5.74) is 3.99. The summed E-state index contributed by atoms with van der Waals surface area (Å²) in [5.74, 6) is -2.30. The van der Waals surface area contributed by atoms with E-state index in [4.69, 9.17) is 5.11 Å². The number of rotatable bonds is 6. The molecule has 25 heavy (non-hydrogen) atoms. The number of carboxylic acid groups (broad SMARTS) is 2. The van der Waals surface area contributed by atoms with E-state index in [-0.39, 0.29) is 16.6 Å². The summed E-state index contributed by atoms with van der Waals surface area (Å²) in [6.45, 7) is 10.0. The molecule has 0 aliphatic heterocycles. The Morgan fingerprint density at radius 1 is 1.12 bits per heavy atom. The van der Waals surface area contributed by atoms with E-state index in [1.54, 1.807) is 6.08 Å². The maximum atomic E-state index is 11.3. The molecule has 0 unspecified atom stereocenters. The lowest BCUT2D eigenvalue weighted by atomic mass is 9.72. The van der Waals surface area contributed by atoms with Crippen molar-refractivity contribution in [2.75, 3.05) is 0 Å². The molecule has 0 bridgehead atoms. The molecule has 0 saturated heterocycles. The van der Waals surface area contributed by atoms with Crippen molar-refractivity contribution < 1.29 is 19.8 Å². The highest BCUT2D eigenvalue weighted by molar-refractivity contribution is 5.94. The van der Waals surface area contributed by atoms with Crippen molar-refractivity contribution in [3.05, 3.63) is 58.2 Å². The fourth-order valence-electron chi connectivity index (χ4n) is 3.13. The molecule has 0 spiro atoms. The molecule has 1 aliphatic rings. The molecule has 1 rings (SSSR count). The largest absolute Gasteiger partial charge is 0.478 e. The van der Waals surface area contributed by atoms with E-state index in [0.29, 0.717) is 0 Å². The zero-order chi connectivity index (χ0) is 19.2. The van der Waals surface area contributed by atoms with E-state index in [1.165, 1.54) is 30.6 Å². The fourth-order valence-corrected chi connectivity index (χ4v) is 3.13. The maximum Gasteiger partial charge on any atom is 0.335 e. The first-order valence-corrected chi connectivity index (χ1v) is 8.46. The highest BCUT2D eigenvalue weighted by atomic mass is 16.4. The minimum absolute atomic E-state index is 0.0245. The van der Waals surface area contributed by atoms with Crippen molar-refractivity contribution in [3.63, 3.8) is 0 Å². The highest BCUT2D eigenvalue weighted by Crippen LogP contribution is 2.40. The third-order valence-corrected chi connectivity index (χ3v) is 4.56. The zero-order valence-corrected chi connectivity index (χ0v) is 15.7. The second-order valence-electron chi connectivity index (χ2n) is 7.23. The van der Waals surface area contributed by atoms with E-state index in [2.05, 4.69) is 26.8 Å². The van der Waals surface area contributed by atoms with Crippen LogP contribution >= 0.6 is 0 Å². The summed E-state index contributed by atoms with van der Waals surface area (Å²) in [5, 5.41) is 18.0. The number of aliphatic carboxylic acids is 2. The lowest BCUT2D eigenvalue weighted by Gasteiger charge is -2.32. The third kappa shape index (κ3) is 6.22. The van der Waals surface area contributed by atoms with Crippen LogP contribution in [0.15, 0.2) is 58.2 Å². The molecule has 0 saturated carbocycles. The Morgan fingerprint density at radius 3 is 2.28 bits per heavy atom. The number of hydrogen-bond acceptors (Lipinski definition) is 2. The van der Waals surface area contributed by atoms with Crippen molar-refractivity contribution in [1.82, 2.24) is 0 Å². The summed E-state index contributed by atoms with van der Waals surface area (Å²) in [6, 6.07) is 0. The smallest absolute Gasteiger partial charge is 0.335 e. The molecule has 0 aromatic heterocycles. The van der Waals surface area contributed by atoms with Gasteiger partial charge in [0.25, 0.3) is 0 Å². The Hall–Kier alpha value is -2.36. The fraction of sp³-hybridized carbons (Fsp3) is 0.429. The zero-order valence-electron chi connectivity index (χ0n) is 15.7. The summed E-state index contributed by atoms with van der Waals surface area (Å²) in [7, 11) is 0. The maximum absolute atomic E-state index is 11.3. The van der Waals surface area contributed by atoms with Gasteiger partial charge in [0.1, 0.15) is 0 Å².